The van der Waals surface area contributed by atoms with Crippen LogP contribution in [0, 0.1) is 5.82 Å². The van der Waals surface area contributed by atoms with Gasteiger partial charge < -0.3 is 19.3 Å². The predicted molar refractivity (Wildman–Crippen MR) is 124 cm³/mol. The molecule has 0 radical (unpaired) electrons. The smallest absolute Gasteiger partial charge is 0.260 e. The molecule has 5 rings (SSSR count). The Morgan fingerprint density at radius 1 is 1.06 bits per heavy atom. The zero-order valence-corrected chi connectivity index (χ0v) is 18.3. The van der Waals surface area contributed by atoms with Crippen LogP contribution in [-0.4, -0.2) is 54.4 Å². The molecule has 8 heteroatoms. The third kappa shape index (κ3) is 4.61. The van der Waals surface area contributed by atoms with Crippen molar-refractivity contribution in [3.8, 4) is 11.5 Å². The molecule has 1 saturated heterocycles. The molecule has 0 spiro atoms. The minimum Gasteiger partial charge on any atom is -0.484 e. The molecule has 0 saturated carbocycles. The Labute approximate surface area is 196 Å². The second kappa shape index (κ2) is 9.35. The van der Waals surface area contributed by atoms with Crippen molar-refractivity contribution in [2.75, 3.05) is 37.7 Å². The third-order valence-corrected chi connectivity index (χ3v) is 5.78. The molecule has 0 N–H and O–H groups in total. The van der Waals surface area contributed by atoms with Gasteiger partial charge in [-0.1, -0.05) is 18.2 Å². The van der Waals surface area contributed by atoms with Gasteiger partial charge in [0, 0.05) is 38.4 Å². The molecular formula is C26H22FN3O4. The fourth-order valence-corrected chi connectivity index (χ4v) is 3.93. The van der Waals surface area contributed by atoms with Gasteiger partial charge in [-0.05, 0) is 48.0 Å². The van der Waals surface area contributed by atoms with Gasteiger partial charge in [0.05, 0.1) is 5.56 Å². The molecular weight excluding hydrogens is 437 g/mol. The van der Waals surface area contributed by atoms with E-state index in [0.29, 0.717) is 48.8 Å². The van der Waals surface area contributed by atoms with Crippen molar-refractivity contribution in [2.45, 2.75) is 0 Å². The van der Waals surface area contributed by atoms with Crippen LogP contribution in [0.1, 0.15) is 15.9 Å². The van der Waals surface area contributed by atoms with Gasteiger partial charge in [-0.25, -0.2) is 9.37 Å². The normalized spacial score (nSPS) is 16.4. The Kier molecular flexibility index (Phi) is 5.95. The van der Waals surface area contributed by atoms with Crippen LogP contribution in [0.25, 0.3) is 6.08 Å². The number of anilines is 1. The number of pyridine rings is 1. The summed E-state index contributed by atoms with van der Waals surface area (Å²) in [5.74, 6) is 1.16. The Morgan fingerprint density at radius 2 is 1.85 bits per heavy atom. The van der Waals surface area contributed by atoms with Crippen LogP contribution in [0.2, 0.25) is 0 Å². The molecule has 0 atom stereocenters. The molecule has 7 nitrogen and oxygen atoms in total. The van der Waals surface area contributed by atoms with Crippen LogP contribution in [0.4, 0.5) is 10.2 Å². The summed E-state index contributed by atoms with van der Waals surface area (Å²) in [5.41, 5.74) is 1.07. The second-order valence-corrected chi connectivity index (χ2v) is 7.99. The molecule has 172 valence electrons. The molecule has 2 aromatic carbocycles. The number of carbonyl (C=O) groups excluding carboxylic acids is 2. The summed E-state index contributed by atoms with van der Waals surface area (Å²) in [4.78, 5) is 33.5. The van der Waals surface area contributed by atoms with Gasteiger partial charge in [-0.15, -0.1) is 0 Å². The van der Waals surface area contributed by atoms with E-state index in [4.69, 9.17) is 9.47 Å². The van der Waals surface area contributed by atoms with E-state index >= 15 is 0 Å². The van der Waals surface area contributed by atoms with Crippen LogP contribution < -0.4 is 14.4 Å². The monoisotopic (exact) mass is 459 g/mol. The fourth-order valence-electron chi connectivity index (χ4n) is 3.93. The minimum absolute atomic E-state index is 0.102. The van der Waals surface area contributed by atoms with Crippen LogP contribution in [0.15, 0.2) is 72.6 Å². The first kappa shape index (κ1) is 21.6. The van der Waals surface area contributed by atoms with E-state index < -0.39 is 0 Å². The number of hydrogen-bond donors (Lipinski definition) is 0. The minimum atomic E-state index is -0.351. The van der Waals surface area contributed by atoms with Crippen LogP contribution >= 0.6 is 0 Å². The number of amides is 1. The van der Waals surface area contributed by atoms with Gasteiger partial charge in [0.1, 0.15) is 23.1 Å². The number of Topliss-reactive ketones (excluding diaryl/α,β-unsaturated/α-hetero) is 1. The maximum atomic E-state index is 13.1. The summed E-state index contributed by atoms with van der Waals surface area (Å²) in [6.07, 6.45) is 3.33. The number of ketones is 1. The van der Waals surface area contributed by atoms with Crippen molar-refractivity contribution in [3.05, 3.63) is 89.6 Å². The van der Waals surface area contributed by atoms with E-state index in [1.807, 2.05) is 18.2 Å². The number of halogens is 1. The highest BCUT2D eigenvalue weighted by atomic mass is 19.1. The zero-order valence-electron chi connectivity index (χ0n) is 18.3. The Hall–Kier alpha value is -4.20. The molecule has 2 aliphatic heterocycles. The summed E-state index contributed by atoms with van der Waals surface area (Å²) in [6, 6.07) is 16.4. The molecule has 1 fully saturated rings. The van der Waals surface area contributed by atoms with E-state index in [0.717, 1.165) is 5.82 Å². The summed E-state index contributed by atoms with van der Waals surface area (Å²) in [5, 5.41) is 0. The fraction of sp³-hybridized carbons (Fsp3) is 0.192. The highest BCUT2D eigenvalue weighted by Gasteiger charge is 2.28. The van der Waals surface area contributed by atoms with Crippen molar-refractivity contribution in [2.24, 2.45) is 0 Å². The summed E-state index contributed by atoms with van der Waals surface area (Å²) in [6.45, 7) is 2.51. The number of nitrogens with zero attached hydrogens (tertiary/aromatic N) is 3. The maximum absolute atomic E-state index is 13.1. The van der Waals surface area contributed by atoms with Gasteiger partial charge in [-0.2, -0.15) is 0 Å². The Morgan fingerprint density at radius 3 is 2.59 bits per heavy atom. The third-order valence-electron chi connectivity index (χ3n) is 5.78. The number of fused-ring (bicyclic) bond motifs is 1. The molecule has 1 amide bonds. The van der Waals surface area contributed by atoms with Crippen molar-refractivity contribution in [1.82, 2.24) is 9.88 Å². The number of rotatable bonds is 5. The molecule has 3 heterocycles. The van der Waals surface area contributed by atoms with Crippen LogP contribution in [0.5, 0.6) is 11.5 Å². The molecule has 3 aromatic rings. The summed E-state index contributed by atoms with van der Waals surface area (Å²) >= 11 is 0. The van der Waals surface area contributed by atoms with Gasteiger partial charge in [0.2, 0.25) is 5.78 Å². The largest absolute Gasteiger partial charge is 0.484 e. The Bertz CT molecular complexity index is 1240. The lowest BCUT2D eigenvalue weighted by molar-refractivity contribution is -0.133. The number of ether oxygens (including phenoxy) is 2. The molecule has 0 bridgehead atoms. The average Bonchev–Trinajstić information content (AvgIpc) is 3.19. The lowest BCUT2D eigenvalue weighted by Crippen LogP contribution is -2.50. The first-order valence-corrected chi connectivity index (χ1v) is 11.0. The standard InChI is InChI=1S/C26H22FN3O4/c27-19-6-4-18(5-7-19)15-23-26(32)21-9-8-20(16-22(21)34-23)33-17-25(31)30-13-11-29(12-14-30)24-3-1-2-10-28-24/h1-10,15-16H,11-14,17H2. The van der Waals surface area contributed by atoms with E-state index in [1.54, 1.807) is 47.5 Å². The number of piperazine rings is 1. The molecule has 0 aliphatic carbocycles. The lowest BCUT2D eigenvalue weighted by atomic mass is 10.1. The van der Waals surface area contributed by atoms with E-state index in [2.05, 4.69) is 9.88 Å². The van der Waals surface area contributed by atoms with Gasteiger partial charge in [-0.3, -0.25) is 9.59 Å². The topological polar surface area (TPSA) is 72.0 Å². The van der Waals surface area contributed by atoms with Gasteiger partial charge in [0.25, 0.3) is 5.91 Å². The average molecular weight is 459 g/mol. The van der Waals surface area contributed by atoms with Crippen molar-refractivity contribution in [1.29, 1.82) is 0 Å². The van der Waals surface area contributed by atoms with E-state index in [-0.39, 0.29) is 29.9 Å². The van der Waals surface area contributed by atoms with Crippen molar-refractivity contribution < 1.29 is 23.5 Å². The van der Waals surface area contributed by atoms with Crippen LogP contribution in [0.3, 0.4) is 0 Å². The quantitative estimate of drug-likeness (QED) is 0.544. The zero-order chi connectivity index (χ0) is 23.5. The van der Waals surface area contributed by atoms with Crippen molar-refractivity contribution >= 4 is 23.6 Å². The molecule has 34 heavy (non-hydrogen) atoms. The lowest BCUT2D eigenvalue weighted by Gasteiger charge is -2.35. The Balaban J connectivity index is 1.17. The molecule has 0 unspecified atom stereocenters. The molecule has 2 aliphatic rings. The number of allylic oxidation sites excluding steroid dienone is 1. The summed E-state index contributed by atoms with van der Waals surface area (Å²) < 4.78 is 24.5. The van der Waals surface area contributed by atoms with Gasteiger partial charge >= 0.3 is 0 Å². The first-order chi connectivity index (χ1) is 16.6. The number of carbonyl (C=O) groups is 2. The first-order valence-electron chi connectivity index (χ1n) is 11.0. The SMILES string of the molecule is O=C1C(=Cc2ccc(F)cc2)Oc2cc(OCC(=O)N3CCN(c4ccccn4)CC3)ccc21. The number of aromatic nitrogens is 1. The predicted octanol–water partition coefficient (Wildman–Crippen LogP) is 3.56. The van der Waals surface area contributed by atoms with Crippen LogP contribution in [-0.2, 0) is 4.79 Å². The van der Waals surface area contributed by atoms with E-state index in [1.165, 1.54) is 12.1 Å². The second-order valence-electron chi connectivity index (χ2n) is 7.99. The van der Waals surface area contributed by atoms with E-state index in [9.17, 15) is 14.0 Å². The highest BCUT2D eigenvalue weighted by Crippen LogP contribution is 2.35. The summed E-state index contributed by atoms with van der Waals surface area (Å²) in [7, 11) is 0. The van der Waals surface area contributed by atoms with Crippen molar-refractivity contribution in [3.63, 3.8) is 0 Å². The highest BCUT2D eigenvalue weighted by molar-refractivity contribution is 6.14. The maximum Gasteiger partial charge on any atom is 0.260 e. The number of benzene rings is 2. The van der Waals surface area contributed by atoms with Gasteiger partial charge in [0.15, 0.2) is 12.4 Å². The number of hydrogen-bond acceptors (Lipinski definition) is 6. The molecule has 1 aromatic heterocycles.